The first-order valence-electron chi connectivity index (χ1n) is 6.44. The highest BCUT2D eigenvalue weighted by Crippen LogP contribution is 2.29. The van der Waals surface area contributed by atoms with Crippen molar-refractivity contribution in [1.82, 2.24) is 9.55 Å². The van der Waals surface area contributed by atoms with Gasteiger partial charge in [-0.3, -0.25) is 0 Å². The van der Waals surface area contributed by atoms with Gasteiger partial charge in [0.15, 0.2) is 0 Å². The summed E-state index contributed by atoms with van der Waals surface area (Å²) in [6.07, 6.45) is 5.19. The third kappa shape index (κ3) is 1.82. The molecule has 0 radical (unpaired) electrons. The van der Waals surface area contributed by atoms with Gasteiger partial charge in [-0.25, -0.2) is 4.98 Å². The second-order valence-electron chi connectivity index (χ2n) is 5.05. The van der Waals surface area contributed by atoms with Crippen molar-refractivity contribution in [1.29, 1.82) is 5.26 Å². The highest BCUT2D eigenvalue weighted by atomic mass is 15.2. The van der Waals surface area contributed by atoms with E-state index in [1.807, 2.05) is 12.1 Å². The Kier molecular flexibility index (Phi) is 2.67. The molecule has 0 bridgehead atoms. The molecule has 0 unspecified atom stereocenters. The molecule has 0 atom stereocenters. The van der Waals surface area contributed by atoms with Gasteiger partial charge in [-0.15, -0.1) is 0 Å². The number of imidazole rings is 1. The molecule has 0 aliphatic heterocycles. The standard InChI is InChI=1S/C14H16N4/c15-8-11-5-6-12-13(7-11)18(14(16)17-12)9-10-3-1-2-4-10/h5-7,10H,1-4,9H2,(H2,16,17). The van der Waals surface area contributed by atoms with Crippen molar-refractivity contribution in [3.8, 4) is 6.07 Å². The fourth-order valence-electron chi connectivity index (χ4n) is 2.85. The molecule has 1 heterocycles. The molecule has 4 nitrogen and oxygen atoms in total. The van der Waals surface area contributed by atoms with Crippen LogP contribution in [-0.4, -0.2) is 9.55 Å². The summed E-state index contributed by atoms with van der Waals surface area (Å²) in [5, 5.41) is 8.97. The number of nitrogens with zero attached hydrogens (tertiary/aromatic N) is 3. The van der Waals surface area contributed by atoms with Crippen molar-refractivity contribution in [2.24, 2.45) is 5.92 Å². The van der Waals surface area contributed by atoms with Crippen molar-refractivity contribution < 1.29 is 0 Å². The molecule has 0 amide bonds. The van der Waals surface area contributed by atoms with Crippen LogP contribution in [0.25, 0.3) is 11.0 Å². The average Bonchev–Trinajstić information content (AvgIpc) is 2.99. The van der Waals surface area contributed by atoms with Crippen molar-refractivity contribution in [3.63, 3.8) is 0 Å². The number of aromatic nitrogens is 2. The van der Waals surface area contributed by atoms with Crippen LogP contribution in [0.1, 0.15) is 31.2 Å². The van der Waals surface area contributed by atoms with E-state index >= 15 is 0 Å². The van der Waals surface area contributed by atoms with Gasteiger partial charge in [-0.2, -0.15) is 5.26 Å². The maximum Gasteiger partial charge on any atom is 0.201 e. The maximum absolute atomic E-state index is 8.97. The van der Waals surface area contributed by atoms with Gasteiger partial charge >= 0.3 is 0 Å². The summed E-state index contributed by atoms with van der Waals surface area (Å²) in [5.41, 5.74) is 8.52. The van der Waals surface area contributed by atoms with Gasteiger partial charge in [-0.1, -0.05) is 12.8 Å². The minimum absolute atomic E-state index is 0.562. The first-order chi connectivity index (χ1) is 8.78. The molecule has 2 N–H and O–H groups in total. The lowest BCUT2D eigenvalue weighted by Crippen LogP contribution is -2.10. The summed E-state index contributed by atoms with van der Waals surface area (Å²) in [5.74, 6) is 1.27. The van der Waals surface area contributed by atoms with Gasteiger partial charge in [0.2, 0.25) is 5.95 Å². The molecule has 1 saturated carbocycles. The number of fused-ring (bicyclic) bond motifs is 1. The summed E-state index contributed by atoms with van der Waals surface area (Å²) >= 11 is 0. The Labute approximate surface area is 106 Å². The highest BCUT2D eigenvalue weighted by molar-refractivity contribution is 5.79. The predicted octanol–water partition coefficient (Wildman–Crippen LogP) is 2.68. The van der Waals surface area contributed by atoms with E-state index in [2.05, 4.69) is 15.6 Å². The molecule has 0 saturated heterocycles. The lowest BCUT2D eigenvalue weighted by molar-refractivity contribution is 0.468. The normalized spacial score (nSPS) is 16.2. The zero-order valence-electron chi connectivity index (χ0n) is 10.3. The Morgan fingerprint density at radius 1 is 1.39 bits per heavy atom. The van der Waals surface area contributed by atoms with Crippen LogP contribution in [0.3, 0.4) is 0 Å². The second kappa shape index (κ2) is 4.34. The van der Waals surface area contributed by atoms with Crippen LogP contribution in [0, 0.1) is 17.2 Å². The number of nitrogens with two attached hydrogens (primary N) is 1. The molecule has 0 spiro atoms. The van der Waals surface area contributed by atoms with Gasteiger partial charge in [0, 0.05) is 6.54 Å². The second-order valence-corrected chi connectivity index (χ2v) is 5.05. The number of anilines is 1. The third-order valence-corrected chi connectivity index (χ3v) is 3.82. The topological polar surface area (TPSA) is 67.6 Å². The van der Waals surface area contributed by atoms with E-state index in [0.29, 0.717) is 17.4 Å². The highest BCUT2D eigenvalue weighted by Gasteiger charge is 2.18. The number of hydrogen-bond donors (Lipinski definition) is 1. The first kappa shape index (κ1) is 11.1. The fourth-order valence-corrected chi connectivity index (χ4v) is 2.85. The number of rotatable bonds is 2. The first-order valence-corrected chi connectivity index (χ1v) is 6.44. The van der Waals surface area contributed by atoms with Gasteiger partial charge in [-0.05, 0) is 37.0 Å². The van der Waals surface area contributed by atoms with Crippen molar-refractivity contribution in [2.75, 3.05) is 5.73 Å². The number of nitrogen functional groups attached to an aromatic ring is 1. The molecule has 92 valence electrons. The molecular weight excluding hydrogens is 224 g/mol. The van der Waals surface area contributed by atoms with Crippen molar-refractivity contribution >= 4 is 17.0 Å². The van der Waals surface area contributed by atoms with Gasteiger partial charge in [0.1, 0.15) is 0 Å². The Balaban J connectivity index is 2.03. The van der Waals surface area contributed by atoms with Crippen LogP contribution in [0.2, 0.25) is 0 Å². The fraction of sp³-hybridized carbons (Fsp3) is 0.429. The van der Waals surface area contributed by atoms with E-state index in [4.69, 9.17) is 11.0 Å². The molecule has 18 heavy (non-hydrogen) atoms. The average molecular weight is 240 g/mol. The van der Waals surface area contributed by atoms with Crippen molar-refractivity contribution in [3.05, 3.63) is 23.8 Å². The Morgan fingerprint density at radius 2 is 2.17 bits per heavy atom. The van der Waals surface area contributed by atoms with Crippen molar-refractivity contribution in [2.45, 2.75) is 32.2 Å². The molecular formula is C14H16N4. The van der Waals surface area contributed by atoms with Gasteiger partial charge in [0.25, 0.3) is 0 Å². The molecule has 1 aromatic carbocycles. The number of nitriles is 1. The summed E-state index contributed by atoms with van der Waals surface area (Å²) in [4.78, 5) is 4.36. The minimum atomic E-state index is 0.562. The Morgan fingerprint density at radius 3 is 2.89 bits per heavy atom. The van der Waals surface area contributed by atoms with E-state index in [0.717, 1.165) is 17.6 Å². The zero-order valence-corrected chi connectivity index (χ0v) is 10.3. The Hall–Kier alpha value is -2.02. The van der Waals surface area contributed by atoms with Crippen LogP contribution < -0.4 is 5.73 Å². The van der Waals surface area contributed by atoms with Crippen LogP contribution >= 0.6 is 0 Å². The number of benzene rings is 1. The minimum Gasteiger partial charge on any atom is -0.369 e. The molecule has 4 heteroatoms. The largest absolute Gasteiger partial charge is 0.369 e. The molecule has 1 aromatic heterocycles. The van der Waals surface area contributed by atoms with Crippen LogP contribution in [-0.2, 0) is 6.54 Å². The molecule has 2 aromatic rings. The predicted molar refractivity (Wildman–Crippen MR) is 70.8 cm³/mol. The van der Waals surface area contributed by atoms with E-state index in [1.165, 1.54) is 25.7 Å². The molecule has 3 rings (SSSR count). The zero-order chi connectivity index (χ0) is 12.5. The van der Waals surface area contributed by atoms with E-state index < -0.39 is 0 Å². The lowest BCUT2D eigenvalue weighted by Gasteiger charge is -2.12. The summed E-state index contributed by atoms with van der Waals surface area (Å²) in [6.45, 7) is 0.928. The van der Waals surface area contributed by atoms with Gasteiger partial charge < -0.3 is 10.3 Å². The SMILES string of the molecule is N#Cc1ccc2nc(N)n(CC3CCCC3)c2c1. The van der Waals surface area contributed by atoms with Crippen LogP contribution in [0.15, 0.2) is 18.2 Å². The molecule has 1 aliphatic rings. The maximum atomic E-state index is 8.97. The molecule has 1 aliphatic carbocycles. The van der Waals surface area contributed by atoms with Crippen LogP contribution in [0.4, 0.5) is 5.95 Å². The Bertz CT molecular complexity index is 614. The summed E-state index contributed by atoms with van der Waals surface area (Å²) in [6, 6.07) is 7.71. The molecule has 1 fully saturated rings. The van der Waals surface area contributed by atoms with E-state index in [1.54, 1.807) is 6.07 Å². The van der Waals surface area contributed by atoms with Gasteiger partial charge in [0.05, 0.1) is 22.7 Å². The quantitative estimate of drug-likeness (QED) is 0.877. The smallest absolute Gasteiger partial charge is 0.201 e. The third-order valence-electron chi connectivity index (χ3n) is 3.82. The summed E-state index contributed by atoms with van der Waals surface area (Å²) in [7, 11) is 0. The van der Waals surface area contributed by atoms with Crippen LogP contribution in [0.5, 0.6) is 0 Å². The lowest BCUT2D eigenvalue weighted by atomic mass is 10.1. The number of hydrogen-bond acceptors (Lipinski definition) is 3. The summed E-state index contributed by atoms with van der Waals surface area (Å²) < 4.78 is 2.06. The van der Waals surface area contributed by atoms with E-state index in [9.17, 15) is 0 Å². The van der Waals surface area contributed by atoms with E-state index in [-0.39, 0.29) is 0 Å². The monoisotopic (exact) mass is 240 g/mol.